The molecule has 1 aliphatic rings. The molecule has 3 N–H and O–H groups in total. The molecule has 7 nitrogen and oxygen atoms in total. The molecule has 2 aromatic rings. The largest absolute Gasteiger partial charge is 0.463 e. The summed E-state index contributed by atoms with van der Waals surface area (Å²) in [5, 5.41) is 0. The molecule has 0 spiro atoms. The molecule has 2 aromatic heterocycles. The van der Waals surface area contributed by atoms with Gasteiger partial charge in [-0.05, 0) is 64.2 Å². The predicted molar refractivity (Wildman–Crippen MR) is 108 cm³/mol. The van der Waals surface area contributed by atoms with Crippen molar-refractivity contribution < 1.29 is 4.74 Å². The van der Waals surface area contributed by atoms with E-state index in [9.17, 15) is 4.79 Å². The van der Waals surface area contributed by atoms with E-state index in [1.54, 1.807) is 0 Å². The molecule has 7 heteroatoms. The number of nitrogens with one attached hydrogen (secondary N) is 1. The average Bonchev–Trinajstić information content (AvgIpc) is 3.16. The Kier molecular flexibility index (Phi) is 7.04. The summed E-state index contributed by atoms with van der Waals surface area (Å²) in [6, 6.07) is 2.11. The van der Waals surface area contributed by atoms with E-state index in [4.69, 9.17) is 10.5 Å². The Hall–Kier alpha value is -2.15. The van der Waals surface area contributed by atoms with Crippen molar-refractivity contribution in [2.24, 2.45) is 0 Å². The number of aryl methyl sites for hydroxylation is 1. The van der Waals surface area contributed by atoms with Gasteiger partial charge in [0, 0.05) is 5.56 Å². The van der Waals surface area contributed by atoms with Gasteiger partial charge < -0.3 is 20.4 Å². The summed E-state index contributed by atoms with van der Waals surface area (Å²) in [6.07, 6.45) is 8.72. The van der Waals surface area contributed by atoms with Crippen LogP contribution in [0.2, 0.25) is 0 Å². The van der Waals surface area contributed by atoms with Gasteiger partial charge in [-0.3, -0.25) is 4.79 Å². The third kappa shape index (κ3) is 5.42. The highest BCUT2D eigenvalue weighted by Crippen LogP contribution is 2.19. The van der Waals surface area contributed by atoms with E-state index in [0.29, 0.717) is 17.6 Å². The molecule has 0 aliphatic carbocycles. The van der Waals surface area contributed by atoms with Crippen molar-refractivity contribution in [3.63, 3.8) is 0 Å². The average molecular weight is 374 g/mol. The first kappa shape index (κ1) is 19.6. The molecule has 0 amide bonds. The molecule has 0 saturated carbocycles. The number of nitrogens with zero attached hydrogens (tertiary/aromatic N) is 3. The van der Waals surface area contributed by atoms with Crippen LogP contribution in [0.1, 0.15) is 57.4 Å². The van der Waals surface area contributed by atoms with Crippen LogP contribution in [0.15, 0.2) is 10.9 Å². The van der Waals surface area contributed by atoms with Gasteiger partial charge in [0.1, 0.15) is 5.52 Å². The number of nitrogens with two attached hydrogens (primary N) is 1. The first-order valence-corrected chi connectivity index (χ1v) is 10.2. The van der Waals surface area contributed by atoms with Gasteiger partial charge >= 0.3 is 6.01 Å². The lowest BCUT2D eigenvalue weighted by Gasteiger charge is -2.13. The van der Waals surface area contributed by atoms with Crippen LogP contribution >= 0.6 is 0 Å². The van der Waals surface area contributed by atoms with Crippen molar-refractivity contribution in [2.75, 3.05) is 32.0 Å². The Morgan fingerprint density at radius 3 is 2.78 bits per heavy atom. The number of hydrogen-bond donors (Lipinski definition) is 2. The summed E-state index contributed by atoms with van der Waals surface area (Å²) in [7, 11) is 0. The smallest absolute Gasteiger partial charge is 0.319 e. The number of hydrogen-bond acceptors (Lipinski definition) is 6. The fraction of sp³-hybridized carbons (Fsp3) is 0.650. The predicted octanol–water partition coefficient (Wildman–Crippen LogP) is 2.89. The zero-order chi connectivity index (χ0) is 19.1. The monoisotopic (exact) mass is 373 g/mol. The maximum absolute atomic E-state index is 12.3. The molecule has 0 aromatic carbocycles. The van der Waals surface area contributed by atoms with Crippen LogP contribution < -0.4 is 16.0 Å². The van der Waals surface area contributed by atoms with Crippen molar-refractivity contribution >= 4 is 16.9 Å². The maximum Gasteiger partial charge on any atom is 0.319 e. The molecule has 0 unspecified atom stereocenters. The lowest BCUT2D eigenvalue weighted by molar-refractivity contribution is 0.287. The van der Waals surface area contributed by atoms with E-state index in [1.165, 1.54) is 38.9 Å². The zero-order valence-corrected chi connectivity index (χ0v) is 16.3. The molecule has 0 radical (unpaired) electrons. The quantitative estimate of drug-likeness (QED) is 0.622. The molecule has 148 valence electrons. The Morgan fingerprint density at radius 1 is 1.19 bits per heavy atom. The van der Waals surface area contributed by atoms with E-state index in [-0.39, 0.29) is 17.4 Å². The summed E-state index contributed by atoms with van der Waals surface area (Å²) >= 11 is 0. The SMILES string of the molecule is CCCCOc1nc(N)c2[nH]c(=O)c(CCCCCN3CCCC3)cc2n1. The number of rotatable bonds is 10. The Bertz CT molecular complexity index is 799. The van der Waals surface area contributed by atoms with E-state index in [0.717, 1.165) is 37.7 Å². The van der Waals surface area contributed by atoms with E-state index in [2.05, 4.69) is 26.8 Å². The van der Waals surface area contributed by atoms with Gasteiger partial charge in [-0.15, -0.1) is 0 Å². The number of H-pyrrole nitrogens is 1. The molecule has 0 bridgehead atoms. The fourth-order valence-corrected chi connectivity index (χ4v) is 3.52. The van der Waals surface area contributed by atoms with Crippen LogP contribution in [0.5, 0.6) is 6.01 Å². The van der Waals surface area contributed by atoms with Gasteiger partial charge in [-0.2, -0.15) is 9.97 Å². The summed E-state index contributed by atoms with van der Waals surface area (Å²) in [6.45, 7) is 6.33. The van der Waals surface area contributed by atoms with Gasteiger partial charge in [-0.1, -0.05) is 19.8 Å². The maximum atomic E-state index is 12.3. The van der Waals surface area contributed by atoms with Crippen LogP contribution in [-0.4, -0.2) is 46.1 Å². The Morgan fingerprint density at radius 2 is 2.00 bits per heavy atom. The highest BCUT2D eigenvalue weighted by atomic mass is 16.5. The summed E-state index contributed by atoms with van der Waals surface area (Å²) < 4.78 is 5.57. The van der Waals surface area contributed by atoms with E-state index < -0.39 is 0 Å². The van der Waals surface area contributed by atoms with Gasteiger partial charge in [0.25, 0.3) is 5.56 Å². The minimum atomic E-state index is -0.100. The number of aromatic amines is 1. The first-order valence-electron chi connectivity index (χ1n) is 10.2. The molecule has 27 heavy (non-hydrogen) atoms. The van der Waals surface area contributed by atoms with Crippen LogP contribution in [0.4, 0.5) is 5.82 Å². The van der Waals surface area contributed by atoms with Gasteiger partial charge in [0.15, 0.2) is 5.82 Å². The molecular weight excluding hydrogens is 342 g/mol. The van der Waals surface area contributed by atoms with Crippen molar-refractivity contribution in [2.45, 2.75) is 58.3 Å². The number of unbranched alkanes of at least 4 members (excludes halogenated alkanes) is 3. The summed E-state index contributed by atoms with van der Waals surface area (Å²) in [5.41, 5.74) is 7.75. The standard InChI is InChI=1S/C20H31N5O2/c1-2-3-13-27-20-22-16-14-15(19(26)23-17(16)18(21)24-20)9-5-4-6-10-25-11-7-8-12-25/h14H,2-13H2,1H3,(H,23,26)(H2,21,22,24). The van der Waals surface area contributed by atoms with E-state index in [1.807, 2.05) is 6.07 Å². The van der Waals surface area contributed by atoms with Crippen LogP contribution in [0, 0.1) is 0 Å². The summed E-state index contributed by atoms with van der Waals surface area (Å²) in [5.74, 6) is 0.251. The fourth-order valence-electron chi connectivity index (χ4n) is 3.52. The van der Waals surface area contributed by atoms with Crippen LogP contribution in [-0.2, 0) is 6.42 Å². The second-order valence-electron chi connectivity index (χ2n) is 7.34. The lowest BCUT2D eigenvalue weighted by Crippen LogP contribution is -2.20. The number of pyridine rings is 1. The second-order valence-corrected chi connectivity index (χ2v) is 7.34. The molecule has 1 aliphatic heterocycles. The highest BCUT2D eigenvalue weighted by molar-refractivity contribution is 5.84. The number of ether oxygens (including phenoxy) is 1. The second kappa shape index (κ2) is 9.69. The normalized spacial score (nSPS) is 14.9. The van der Waals surface area contributed by atoms with Crippen molar-refractivity contribution in [3.05, 3.63) is 22.0 Å². The van der Waals surface area contributed by atoms with Crippen LogP contribution in [0.25, 0.3) is 11.0 Å². The zero-order valence-electron chi connectivity index (χ0n) is 16.3. The molecular formula is C20H31N5O2. The topological polar surface area (TPSA) is 97.1 Å². The Balaban J connectivity index is 1.60. The highest BCUT2D eigenvalue weighted by Gasteiger charge is 2.12. The van der Waals surface area contributed by atoms with Crippen LogP contribution in [0.3, 0.4) is 0 Å². The lowest BCUT2D eigenvalue weighted by atomic mass is 10.1. The minimum Gasteiger partial charge on any atom is -0.463 e. The van der Waals surface area contributed by atoms with Crippen molar-refractivity contribution in [3.8, 4) is 6.01 Å². The summed E-state index contributed by atoms with van der Waals surface area (Å²) in [4.78, 5) is 26.3. The third-order valence-corrected chi connectivity index (χ3v) is 5.13. The number of nitrogen functional groups attached to an aromatic ring is 1. The number of anilines is 1. The number of likely N-dealkylation sites (tertiary alicyclic amines) is 1. The van der Waals surface area contributed by atoms with E-state index >= 15 is 0 Å². The Labute approximate surface area is 160 Å². The molecule has 3 heterocycles. The van der Waals surface area contributed by atoms with Gasteiger partial charge in [0.2, 0.25) is 0 Å². The van der Waals surface area contributed by atoms with Crippen molar-refractivity contribution in [1.29, 1.82) is 0 Å². The molecule has 3 rings (SSSR count). The van der Waals surface area contributed by atoms with Gasteiger partial charge in [-0.25, -0.2) is 0 Å². The molecule has 1 fully saturated rings. The molecule has 0 atom stereocenters. The van der Waals surface area contributed by atoms with Gasteiger partial charge in [0.05, 0.1) is 12.1 Å². The van der Waals surface area contributed by atoms with Crippen molar-refractivity contribution in [1.82, 2.24) is 19.9 Å². The minimum absolute atomic E-state index is 0.100. The number of aromatic nitrogens is 3. The number of fused-ring (bicyclic) bond motifs is 1. The molecule has 1 saturated heterocycles. The third-order valence-electron chi connectivity index (χ3n) is 5.13. The first-order chi connectivity index (χ1) is 13.2.